The van der Waals surface area contributed by atoms with Crippen LogP contribution in [0.4, 0.5) is 10.1 Å². The van der Waals surface area contributed by atoms with Crippen molar-refractivity contribution >= 4 is 35.2 Å². The summed E-state index contributed by atoms with van der Waals surface area (Å²) >= 11 is 1.30. The van der Waals surface area contributed by atoms with E-state index < -0.39 is 22.9 Å². The molecule has 2 aromatic rings. The van der Waals surface area contributed by atoms with Crippen molar-refractivity contribution in [2.24, 2.45) is 0 Å². The van der Waals surface area contributed by atoms with Gasteiger partial charge in [-0.15, -0.1) is 11.8 Å². The molecule has 0 radical (unpaired) electrons. The number of amides is 3. The van der Waals surface area contributed by atoms with Crippen molar-refractivity contribution in [2.75, 3.05) is 5.32 Å². The van der Waals surface area contributed by atoms with Crippen molar-refractivity contribution in [2.45, 2.75) is 16.6 Å². The minimum atomic E-state index is -0.586. The summed E-state index contributed by atoms with van der Waals surface area (Å²) in [5.41, 5.74) is 5.43. The van der Waals surface area contributed by atoms with Crippen LogP contribution in [0, 0.1) is 5.82 Å². The van der Waals surface area contributed by atoms with E-state index in [2.05, 4.69) is 16.2 Å². The first kappa shape index (κ1) is 17.0. The number of nitrogens with one attached hydrogen (secondary N) is 3. The molecule has 128 valence electrons. The van der Waals surface area contributed by atoms with E-state index in [1.165, 1.54) is 23.9 Å². The van der Waals surface area contributed by atoms with Gasteiger partial charge in [0.05, 0.1) is 10.9 Å². The summed E-state index contributed by atoms with van der Waals surface area (Å²) in [5.74, 6) is -1.79. The molecule has 25 heavy (non-hydrogen) atoms. The van der Waals surface area contributed by atoms with E-state index in [1.807, 2.05) is 18.2 Å². The number of carbonyl (C=O) groups excluding carboxylic acids is 3. The average molecular weight is 359 g/mol. The van der Waals surface area contributed by atoms with Crippen LogP contribution >= 0.6 is 11.8 Å². The molecule has 0 fully saturated rings. The Labute approximate surface area is 147 Å². The van der Waals surface area contributed by atoms with Gasteiger partial charge in [0.25, 0.3) is 5.91 Å². The van der Waals surface area contributed by atoms with Crippen molar-refractivity contribution in [1.82, 2.24) is 10.9 Å². The van der Waals surface area contributed by atoms with E-state index in [4.69, 9.17) is 0 Å². The summed E-state index contributed by atoms with van der Waals surface area (Å²) in [5, 5.41) is 2.16. The van der Waals surface area contributed by atoms with E-state index in [0.717, 1.165) is 22.7 Å². The molecule has 0 spiro atoms. The molecule has 3 amide bonds. The number of rotatable bonds is 3. The second kappa shape index (κ2) is 7.35. The smallest absolute Gasteiger partial charge is 0.269 e. The predicted molar refractivity (Wildman–Crippen MR) is 91.3 cm³/mol. The largest absolute Gasteiger partial charge is 0.324 e. The average Bonchev–Trinajstić information content (AvgIpc) is 2.61. The number of carbonyl (C=O) groups is 3. The second-order valence-corrected chi connectivity index (χ2v) is 6.55. The number of benzene rings is 2. The quantitative estimate of drug-likeness (QED) is 0.733. The summed E-state index contributed by atoms with van der Waals surface area (Å²) < 4.78 is 12.8. The molecule has 3 rings (SSSR count). The van der Waals surface area contributed by atoms with Crippen molar-refractivity contribution in [3.05, 3.63) is 59.9 Å². The molecule has 0 saturated carbocycles. The van der Waals surface area contributed by atoms with Gasteiger partial charge in [-0.1, -0.05) is 12.1 Å². The fourth-order valence-electron chi connectivity index (χ4n) is 2.25. The van der Waals surface area contributed by atoms with Gasteiger partial charge in [-0.3, -0.25) is 25.2 Å². The maximum Gasteiger partial charge on any atom is 0.269 e. The third-order valence-corrected chi connectivity index (χ3v) is 4.77. The number of halogens is 1. The summed E-state index contributed by atoms with van der Waals surface area (Å²) in [6.45, 7) is 0. The Morgan fingerprint density at radius 1 is 1.08 bits per heavy atom. The first-order valence-electron chi connectivity index (χ1n) is 7.44. The molecule has 0 aromatic heterocycles. The molecular weight excluding hydrogens is 345 g/mol. The van der Waals surface area contributed by atoms with Crippen LogP contribution < -0.4 is 16.2 Å². The van der Waals surface area contributed by atoms with Gasteiger partial charge in [-0.05, 0) is 36.4 Å². The van der Waals surface area contributed by atoms with Gasteiger partial charge >= 0.3 is 0 Å². The highest BCUT2D eigenvalue weighted by Crippen LogP contribution is 2.36. The number of fused-ring (bicyclic) bond motifs is 1. The van der Waals surface area contributed by atoms with Crippen LogP contribution in [-0.2, 0) is 9.59 Å². The van der Waals surface area contributed by atoms with Crippen LogP contribution in [0.2, 0.25) is 0 Å². The lowest BCUT2D eigenvalue weighted by Crippen LogP contribution is -2.44. The molecule has 3 N–H and O–H groups in total. The van der Waals surface area contributed by atoms with Crippen molar-refractivity contribution in [3.8, 4) is 0 Å². The molecule has 0 unspecified atom stereocenters. The lowest BCUT2D eigenvalue weighted by molar-refractivity contribution is -0.124. The number of anilines is 1. The Kier molecular flexibility index (Phi) is 4.99. The zero-order valence-corrected chi connectivity index (χ0v) is 13.7. The Balaban J connectivity index is 1.53. The van der Waals surface area contributed by atoms with E-state index in [0.29, 0.717) is 0 Å². The van der Waals surface area contributed by atoms with Gasteiger partial charge in [0.2, 0.25) is 11.8 Å². The van der Waals surface area contributed by atoms with Gasteiger partial charge in [0, 0.05) is 16.9 Å². The summed E-state index contributed by atoms with van der Waals surface area (Å²) in [4.78, 5) is 36.8. The highest BCUT2D eigenvalue weighted by atomic mass is 32.2. The zero-order valence-electron chi connectivity index (χ0n) is 12.9. The van der Waals surface area contributed by atoms with Gasteiger partial charge in [-0.2, -0.15) is 0 Å². The molecular formula is C17H14FN3O3S. The fraction of sp³-hybridized carbons (Fsp3) is 0.118. The second-order valence-electron chi connectivity index (χ2n) is 5.31. The van der Waals surface area contributed by atoms with Crippen molar-refractivity contribution < 1.29 is 18.8 Å². The topological polar surface area (TPSA) is 87.3 Å². The summed E-state index contributed by atoms with van der Waals surface area (Å²) in [7, 11) is 0. The highest BCUT2D eigenvalue weighted by Gasteiger charge is 2.28. The third kappa shape index (κ3) is 4.16. The summed E-state index contributed by atoms with van der Waals surface area (Å²) in [6, 6.07) is 12.2. The first-order valence-corrected chi connectivity index (χ1v) is 8.32. The Hall–Kier alpha value is -2.87. The molecule has 2 aromatic carbocycles. The predicted octanol–water partition coefficient (Wildman–Crippen LogP) is 2.09. The van der Waals surface area contributed by atoms with Gasteiger partial charge < -0.3 is 5.32 Å². The van der Waals surface area contributed by atoms with Crippen LogP contribution in [0.25, 0.3) is 0 Å². The fourth-order valence-corrected chi connectivity index (χ4v) is 3.36. The maximum atomic E-state index is 12.8. The Bertz CT molecular complexity index is 826. The Morgan fingerprint density at radius 3 is 2.56 bits per heavy atom. The third-order valence-electron chi connectivity index (χ3n) is 3.50. The van der Waals surface area contributed by atoms with Crippen LogP contribution in [0.5, 0.6) is 0 Å². The van der Waals surface area contributed by atoms with Crippen molar-refractivity contribution in [3.63, 3.8) is 0 Å². The Morgan fingerprint density at radius 2 is 1.80 bits per heavy atom. The molecule has 0 saturated heterocycles. The van der Waals surface area contributed by atoms with E-state index >= 15 is 0 Å². The molecule has 1 aliphatic rings. The SMILES string of the molecule is O=C(C[C@H]1Sc2ccccc2NC1=O)NNC(=O)c1ccc(F)cc1. The van der Waals surface area contributed by atoms with Crippen LogP contribution in [0.3, 0.4) is 0 Å². The number of para-hydroxylation sites is 1. The molecule has 1 atom stereocenters. The molecule has 1 aliphatic heterocycles. The minimum absolute atomic E-state index is 0.0888. The monoisotopic (exact) mass is 359 g/mol. The molecule has 8 heteroatoms. The lowest BCUT2D eigenvalue weighted by Gasteiger charge is -2.23. The van der Waals surface area contributed by atoms with Crippen LogP contribution in [-0.4, -0.2) is 23.0 Å². The number of hydrogen-bond donors (Lipinski definition) is 3. The minimum Gasteiger partial charge on any atom is -0.324 e. The van der Waals surface area contributed by atoms with Gasteiger partial charge in [-0.25, -0.2) is 4.39 Å². The zero-order chi connectivity index (χ0) is 17.8. The molecule has 1 heterocycles. The molecule has 0 aliphatic carbocycles. The number of thioether (sulfide) groups is 1. The highest BCUT2D eigenvalue weighted by molar-refractivity contribution is 8.01. The van der Waals surface area contributed by atoms with Gasteiger partial charge in [0.1, 0.15) is 5.82 Å². The molecule has 6 nitrogen and oxygen atoms in total. The molecule has 0 bridgehead atoms. The first-order chi connectivity index (χ1) is 12.0. The normalized spacial score (nSPS) is 15.7. The maximum absolute atomic E-state index is 12.8. The summed E-state index contributed by atoms with van der Waals surface area (Å²) in [6.07, 6.45) is -0.0888. The van der Waals surface area contributed by atoms with E-state index in [1.54, 1.807) is 6.07 Å². The van der Waals surface area contributed by atoms with Gasteiger partial charge in [0.15, 0.2) is 0 Å². The number of hydrazine groups is 1. The van der Waals surface area contributed by atoms with E-state index in [9.17, 15) is 18.8 Å². The number of hydrogen-bond acceptors (Lipinski definition) is 4. The standard InChI is InChI=1S/C17H14FN3O3S/c18-11-7-5-10(6-8-11)16(23)21-20-15(22)9-14-17(24)19-12-3-1-2-4-13(12)25-14/h1-8,14H,9H2,(H,19,24)(H,20,22)(H,21,23)/t14-/m1/s1. The van der Waals surface area contributed by atoms with Crippen LogP contribution in [0.15, 0.2) is 53.4 Å². The van der Waals surface area contributed by atoms with Crippen molar-refractivity contribution in [1.29, 1.82) is 0 Å². The van der Waals surface area contributed by atoms with Crippen LogP contribution in [0.1, 0.15) is 16.8 Å². The lowest BCUT2D eigenvalue weighted by atomic mass is 10.2. The van der Waals surface area contributed by atoms with E-state index in [-0.39, 0.29) is 17.9 Å².